The monoisotopic (exact) mass is 366 g/mol. The van der Waals surface area contributed by atoms with E-state index in [1.165, 1.54) is 33.5 Å². The third kappa shape index (κ3) is 4.23. The van der Waals surface area contributed by atoms with Crippen LogP contribution in [0, 0.1) is 5.82 Å². The molecule has 25 heavy (non-hydrogen) atoms. The minimum Gasteiger partial charge on any atom is -0.350 e. The normalized spacial score (nSPS) is 15.4. The van der Waals surface area contributed by atoms with Gasteiger partial charge in [-0.1, -0.05) is 12.1 Å². The van der Waals surface area contributed by atoms with Crippen molar-refractivity contribution < 1.29 is 17.6 Å². The van der Waals surface area contributed by atoms with Gasteiger partial charge in [-0.2, -0.15) is 4.31 Å². The summed E-state index contributed by atoms with van der Waals surface area (Å²) < 4.78 is 40.5. The molecule has 1 aliphatic rings. The molecule has 0 aliphatic carbocycles. The molecule has 2 heterocycles. The van der Waals surface area contributed by atoms with Crippen LogP contribution >= 0.6 is 0 Å². The van der Waals surface area contributed by atoms with Gasteiger partial charge in [-0.15, -0.1) is 0 Å². The largest absolute Gasteiger partial charge is 0.350 e. The maximum atomic E-state index is 12.8. The first-order valence-electron chi connectivity index (χ1n) is 7.98. The number of nitrogens with one attached hydrogen (secondary N) is 1. The average molecular weight is 366 g/mol. The van der Waals surface area contributed by atoms with E-state index in [0.29, 0.717) is 13.1 Å². The Bertz CT molecular complexity index is 843. The number of hydrogen-bond acceptors (Lipinski definition) is 4. The maximum absolute atomic E-state index is 12.8. The molecule has 1 aromatic carbocycles. The summed E-state index contributed by atoms with van der Waals surface area (Å²) in [6.45, 7) is 1.25. The van der Waals surface area contributed by atoms with Gasteiger partial charge in [0.2, 0.25) is 5.91 Å². The molecule has 2 aromatic rings. The number of carbonyl (C=O) groups excluding carboxylic acids is 1. The second-order valence-electron chi connectivity index (χ2n) is 5.90. The van der Waals surface area contributed by atoms with Crippen LogP contribution in [0.1, 0.15) is 18.4 Å². The Morgan fingerprint density at radius 1 is 1.20 bits per heavy atom. The molecule has 0 saturated carbocycles. The van der Waals surface area contributed by atoms with Crippen molar-refractivity contribution in [3.05, 3.63) is 48.2 Å². The van der Waals surface area contributed by atoms with E-state index in [-0.39, 0.29) is 29.8 Å². The van der Waals surface area contributed by atoms with Gasteiger partial charge in [-0.05, 0) is 30.5 Å². The molecule has 0 unspecified atom stereocenters. The fourth-order valence-electron chi connectivity index (χ4n) is 2.64. The molecule has 0 spiro atoms. The number of amides is 1. The Morgan fingerprint density at radius 3 is 2.56 bits per heavy atom. The van der Waals surface area contributed by atoms with E-state index < -0.39 is 10.0 Å². The number of halogens is 1. The SMILES string of the molecule is O=C(Cn1cnc(S(=O)(=O)N2CCCC2)c1)NCc1ccc(F)cc1. The van der Waals surface area contributed by atoms with Crippen LogP contribution in [0.2, 0.25) is 0 Å². The van der Waals surface area contributed by atoms with Gasteiger partial charge >= 0.3 is 0 Å². The van der Waals surface area contributed by atoms with Crippen molar-refractivity contribution in [2.75, 3.05) is 13.1 Å². The number of rotatable bonds is 6. The molecule has 1 aromatic heterocycles. The summed E-state index contributed by atoms with van der Waals surface area (Å²) in [6, 6.07) is 5.83. The molecule has 3 rings (SSSR count). The van der Waals surface area contributed by atoms with Crippen LogP contribution in [0.15, 0.2) is 41.8 Å². The standard InChI is InChI=1S/C16H19FN4O3S/c17-14-5-3-13(4-6-14)9-18-15(22)10-20-11-16(19-12-20)25(23,24)21-7-1-2-8-21/h3-6,11-12H,1-2,7-10H2,(H,18,22). The van der Waals surface area contributed by atoms with Crippen molar-refractivity contribution in [3.63, 3.8) is 0 Å². The summed E-state index contributed by atoms with van der Waals surface area (Å²) in [6.07, 6.45) is 4.41. The minimum absolute atomic E-state index is 0.0380. The summed E-state index contributed by atoms with van der Waals surface area (Å²) in [5.41, 5.74) is 0.776. The lowest BCUT2D eigenvalue weighted by Crippen LogP contribution is -2.28. The third-order valence-electron chi connectivity index (χ3n) is 4.01. The molecular formula is C16H19FN4O3S. The predicted octanol–water partition coefficient (Wildman–Crippen LogP) is 1.12. The molecule has 1 saturated heterocycles. The van der Waals surface area contributed by atoms with Crippen molar-refractivity contribution in [3.8, 4) is 0 Å². The summed E-state index contributed by atoms with van der Waals surface area (Å²) in [5, 5.41) is 2.66. The van der Waals surface area contributed by atoms with E-state index in [9.17, 15) is 17.6 Å². The van der Waals surface area contributed by atoms with Crippen LogP contribution in [0.4, 0.5) is 4.39 Å². The Hall–Kier alpha value is -2.26. The van der Waals surface area contributed by atoms with Gasteiger partial charge in [-0.25, -0.2) is 17.8 Å². The van der Waals surface area contributed by atoms with E-state index in [0.717, 1.165) is 18.4 Å². The molecule has 1 aliphatic heterocycles. The molecule has 1 amide bonds. The zero-order valence-corrected chi connectivity index (χ0v) is 14.4. The smallest absolute Gasteiger partial charge is 0.262 e. The highest BCUT2D eigenvalue weighted by Gasteiger charge is 2.29. The number of carbonyl (C=O) groups is 1. The molecule has 9 heteroatoms. The number of sulfonamides is 1. The van der Waals surface area contributed by atoms with Crippen molar-refractivity contribution in [2.24, 2.45) is 0 Å². The fraction of sp³-hybridized carbons (Fsp3) is 0.375. The van der Waals surface area contributed by atoms with E-state index in [1.54, 1.807) is 12.1 Å². The van der Waals surface area contributed by atoms with Gasteiger partial charge in [0.1, 0.15) is 12.4 Å². The topological polar surface area (TPSA) is 84.3 Å². The Labute approximate surface area is 145 Å². The van der Waals surface area contributed by atoms with Crippen molar-refractivity contribution in [1.82, 2.24) is 19.2 Å². The lowest BCUT2D eigenvalue weighted by Gasteiger charge is -2.12. The Morgan fingerprint density at radius 2 is 1.88 bits per heavy atom. The van der Waals surface area contributed by atoms with Gasteiger partial charge in [0.05, 0.1) is 6.33 Å². The van der Waals surface area contributed by atoms with Gasteiger partial charge in [0, 0.05) is 25.8 Å². The number of nitrogens with zero attached hydrogens (tertiary/aromatic N) is 3. The van der Waals surface area contributed by atoms with Crippen molar-refractivity contribution >= 4 is 15.9 Å². The van der Waals surface area contributed by atoms with E-state index >= 15 is 0 Å². The third-order valence-corrected chi connectivity index (χ3v) is 5.79. The zero-order chi connectivity index (χ0) is 17.9. The second-order valence-corrected chi connectivity index (χ2v) is 7.78. The van der Waals surface area contributed by atoms with Gasteiger partial charge in [0.25, 0.3) is 10.0 Å². The molecule has 1 fully saturated rings. The number of imidazole rings is 1. The first-order valence-corrected chi connectivity index (χ1v) is 9.42. The van der Waals surface area contributed by atoms with Crippen LogP contribution < -0.4 is 5.32 Å². The summed E-state index contributed by atoms with van der Waals surface area (Å²) in [5.74, 6) is -0.618. The van der Waals surface area contributed by atoms with Crippen LogP contribution in [0.3, 0.4) is 0 Å². The number of aromatic nitrogens is 2. The summed E-state index contributed by atoms with van der Waals surface area (Å²) >= 11 is 0. The summed E-state index contributed by atoms with van der Waals surface area (Å²) in [7, 11) is -3.58. The Kier molecular flexibility index (Phi) is 5.14. The van der Waals surface area contributed by atoms with E-state index in [4.69, 9.17) is 0 Å². The van der Waals surface area contributed by atoms with Crippen LogP contribution in [-0.2, 0) is 27.9 Å². The second kappa shape index (κ2) is 7.32. The van der Waals surface area contributed by atoms with E-state index in [1.807, 2.05) is 0 Å². The van der Waals surface area contributed by atoms with Crippen molar-refractivity contribution in [2.45, 2.75) is 31.0 Å². The van der Waals surface area contributed by atoms with Crippen LogP contribution in [0.25, 0.3) is 0 Å². The molecule has 0 atom stereocenters. The first kappa shape index (κ1) is 17.6. The average Bonchev–Trinajstić information content (AvgIpc) is 3.26. The highest BCUT2D eigenvalue weighted by molar-refractivity contribution is 7.89. The van der Waals surface area contributed by atoms with Crippen LogP contribution in [-0.4, -0.2) is 41.3 Å². The van der Waals surface area contributed by atoms with Gasteiger partial charge in [-0.3, -0.25) is 4.79 Å². The number of benzene rings is 1. The molecule has 1 N–H and O–H groups in total. The lowest BCUT2D eigenvalue weighted by atomic mass is 10.2. The molecule has 0 radical (unpaired) electrons. The van der Waals surface area contributed by atoms with Gasteiger partial charge in [0.15, 0.2) is 5.03 Å². The van der Waals surface area contributed by atoms with Crippen molar-refractivity contribution in [1.29, 1.82) is 0 Å². The number of hydrogen-bond donors (Lipinski definition) is 1. The fourth-order valence-corrected chi connectivity index (χ4v) is 4.10. The maximum Gasteiger partial charge on any atom is 0.262 e. The van der Waals surface area contributed by atoms with Gasteiger partial charge < -0.3 is 9.88 Å². The molecule has 7 nitrogen and oxygen atoms in total. The van der Waals surface area contributed by atoms with Crippen LogP contribution in [0.5, 0.6) is 0 Å². The zero-order valence-electron chi connectivity index (χ0n) is 13.6. The molecule has 134 valence electrons. The highest BCUT2D eigenvalue weighted by atomic mass is 32.2. The quantitative estimate of drug-likeness (QED) is 0.830. The first-order chi connectivity index (χ1) is 11.9. The highest BCUT2D eigenvalue weighted by Crippen LogP contribution is 2.19. The summed E-state index contributed by atoms with van der Waals surface area (Å²) in [4.78, 5) is 15.9. The van der Waals surface area contributed by atoms with E-state index in [2.05, 4.69) is 10.3 Å². The molecule has 0 bridgehead atoms. The molecular weight excluding hydrogens is 347 g/mol. The minimum atomic E-state index is -3.58. The Balaban J connectivity index is 1.57. The predicted molar refractivity (Wildman–Crippen MR) is 88.5 cm³/mol. The lowest BCUT2D eigenvalue weighted by molar-refractivity contribution is -0.121.